The molecular formula is C16H18FN3O3. The summed E-state index contributed by atoms with van der Waals surface area (Å²) in [5, 5.41) is 9.57. The van der Waals surface area contributed by atoms with Crippen LogP contribution in [0.15, 0.2) is 18.2 Å². The summed E-state index contributed by atoms with van der Waals surface area (Å²) in [6, 6.07) is 4.65. The lowest BCUT2D eigenvalue weighted by atomic mass is 10.1. The van der Waals surface area contributed by atoms with Gasteiger partial charge in [-0.2, -0.15) is 0 Å². The van der Waals surface area contributed by atoms with Gasteiger partial charge in [0.25, 0.3) is 5.91 Å². The largest absolute Gasteiger partial charge is 0.395 e. The second kappa shape index (κ2) is 6.00. The van der Waals surface area contributed by atoms with E-state index in [4.69, 9.17) is 5.11 Å². The number of nitrogens with one attached hydrogen (secondary N) is 1. The number of aryl methyl sites for hydroxylation is 1. The van der Waals surface area contributed by atoms with Crippen LogP contribution in [0.5, 0.6) is 0 Å². The number of benzene rings is 1. The van der Waals surface area contributed by atoms with Crippen LogP contribution in [0, 0.1) is 12.7 Å². The fraction of sp³-hybridized carbons (Fsp3) is 0.375. The number of piperazine rings is 1. The average molecular weight is 319 g/mol. The molecule has 0 radical (unpaired) electrons. The van der Waals surface area contributed by atoms with Crippen LogP contribution in [0.1, 0.15) is 16.1 Å². The predicted octanol–water partition coefficient (Wildman–Crippen LogP) is 0.892. The second-order valence-electron chi connectivity index (χ2n) is 5.67. The van der Waals surface area contributed by atoms with E-state index in [2.05, 4.69) is 4.98 Å². The highest BCUT2D eigenvalue weighted by Crippen LogP contribution is 2.23. The number of rotatable bonds is 3. The molecule has 3 rings (SSSR count). The van der Waals surface area contributed by atoms with Gasteiger partial charge in [0.05, 0.1) is 12.1 Å². The van der Waals surface area contributed by atoms with Gasteiger partial charge in [-0.15, -0.1) is 0 Å². The van der Waals surface area contributed by atoms with E-state index in [-0.39, 0.29) is 37.2 Å². The van der Waals surface area contributed by atoms with Crippen molar-refractivity contribution in [1.29, 1.82) is 0 Å². The van der Waals surface area contributed by atoms with Crippen molar-refractivity contribution < 1.29 is 19.1 Å². The van der Waals surface area contributed by atoms with Crippen LogP contribution in [0.3, 0.4) is 0 Å². The number of nitrogens with zero attached hydrogens (tertiary/aromatic N) is 2. The lowest BCUT2D eigenvalue weighted by Gasteiger charge is -2.33. The maximum absolute atomic E-state index is 13.8. The van der Waals surface area contributed by atoms with Gasteiger partial charge < -0.3 is 19.9 Å². The van der Waals surface area contributed by atoms with Crippen molar-refractivity contribution >= 4 is 22.7 Å². The lowest BCUT2D eigenvalue weighted by molar-refractivity contribution is -0.135. The van der Waals surface area contributed by atoms with E-state index >= 15 is 0 Å². The van der Waals surface area contributed by atoms with E-state index < -0.39 is 5.82 Å². The van der Waals surface area contributed by atoms with E-state index in [1.807, 2.05) is 6.92 Å². The number of hydrogen-bond acceptors (Lipinski definition) is 3. The molecule has 1 aromatic carbocycles. The number of fused-ring (bicyclic) bond motifs is 1. The third-order valence-electron chi connectivity index (χ3n) is 4.17. The van der Waals surface area contributed by atoms with Crippen LogP contribution in [0.25, 0.3) is 10.9 Å². The second-order valence-corrected chi connectivity index (χ2v) is 5.67. The Morgan fingerprint density at radius 2 is 2.17 bits per heavy atom. The van der Waals surface area contributed by atoms with Gasteiger partial charge in [0, 0.05) is 25.0 Å². The highest BCUT2D eigenvalue weighted by Gasteiger charge is 2.28. The Balaban J connectivity index is 1.83. The zero-order valence-corrected chi connectivity index (χ0v) is 12.8. The third-order valence-corrected chi connectivity index (χ3v) is 4.17. The van der Waals surface area contributed by atoms with Crippen LogP contribution in [-0.4, -0.2) is 64.5 Å². The Morgan fingerprint density at radius 1 is 1.39 bits per heavy atom. The molecule has 2 amide bonds. The SMILES string of the molecule is Cc1ccc(F)c2[nH]c(C(=O)N3CCN(CCO)C(=O)C3)cc12. The van der Waals surface area contributed by atoms with E-state index in [0.29, 0.717) is 24.0 Å². The van der Waals surface area contributed by atoms with E-state index in [1.165, 1.54) is 15.9 Å². The number of halogens is 1. The summed E-state index contributed by atoms with van der Waals surface area (Å²) in [6.45, 7) is 2.77. The first kappa shape index (κ1) is 15.5. The predicted molar refractivity (Wildman–Crippen MR) is 82.6 cm³/mol. The number of aliphatic hydroxyl groups is 1. The quantitative estimate of drug-likeness (QED) is 0.882. The summed E-state index contributed by atoms with van der Waals surface area (Å²) in [6.07, 6.45) is 0. The van der Waals surface area contributed by atoms with Gasteiger partial charge in [0.15, 0.2) is 0 Å². The van der Waals surface area contributed by atoms with Crippen molar-refractivity contribution in [2.75, 3.05) is 32.8 Å². The van der Waals surface area contributed by atoms with Gasteiger partial charge in [-0.3, -0.25) is 9.59 Å². The molecule has 0 aliphatic carbocycles. The Morgan fingerprint density at radius 3 is 2.83 bits per heavy atom. The Kier molecular flexibility index (Phi) is 4.04. The molecule has 1 aliphatic heterocycles. The molecule has 1 saturated heterocycles. The smallest absolute Gasteiger partial charge is 0.270 e. The first-order valence-electron chi connectivity index (χ1n) is 7.47. The molecule has 0 bridgehead atoms. The molecule has 122 valence electrons. The number of H-pyrrole nitrogens is 1. The number of hydrogen-bond donors (Lipinski definition) is 2. The fourth-order valence-corrected chi connectivity index (χ4v) is 2.85. The van der Waals surface area contributed by atoms with Crippen LogP contribution in [0.4, 0.5) is 4.39 Å². The maximum atomic E-state index is 13.8. The first-order valence-corrected chi connectivity index (χ1v) is 7.47. The third kappa shape index (κ3) is 2.79. The van der Waals surface area contributed by atoms with Crippen LogP contribution in [0.2, 0.25) is 0 Å². The molecule has 7 heteroatoms. The molecule has 2 heterocycles. The summed E-state index contributed by atoms with van der Waals surface area (Å²) in [7, 11) is 0. The van der Waals surface area contributed by atoms with Gasteiger partial charge in [-0.1, -0.05) is 6.07 Å². The zero-order chi connectivity index (χ0) is 16.6. The molecule has 0 unspecified atom stereocenters. The fourth-order valence-electron chi connectivity index (χ4n) is 2.85. The minimum absolute atomic E-state index is 0.0321. The molecule has 0 atom stereocenters. The molecular weight excluding hydrogens is 301 g/mol. The molecule has 23 heavy (non-hydrogen) atoms. The zero-order valence-electron chi connectivity index (χ0n) is 12.8. The molecule has 1 aromatic heterocycles. The Bertz CT molecular complexity index is 732. The number of amides is 2. The van der Waals surface area contributed by atoms with Crippen molar-refractivity contribution in [3.63, 3.8) is 0 Å². The minimum Gasteiger partial charge on any atom is -0.395 e. The monoisotopic (exact) mass is 319 g/mol. The molecule has 2 aromatic rings. The summed E-state index contributed by atoms with van der Waals surface area (Å²) in [4.78, 5) is 30.3. The first-order chi connectivity index (χ1) is 11.0. The summed E-state index contributed by atoms with van der Waals surface area (Å²) in [5.41, 5.74) is 1.45. The summed E-state index contributed by atoms with van der Waals surface area (Å²) in [5.74, 6) is -0.928. The summed E-state index contributed by atoms with van der Waals surface area (Å²) >= 11 is 0. The van der Waals surface area contributed by atoms with Crippen LogP contribution in [-0.2, 0) is 4.79 Å². The van der Waals surface area contributed by atoms with Crippen molar-refractivity contribution in [2.45, 2.75) is 6.92 Å². The van der Waals surface area contributed by atoms with Gasteiger partial charge >= 0.3 is 0 Å². The average Bonchev–Trinajstić information content (AvgIpc) is 2.99. The number of β-amino-alcohol motifs (C(OH)–C–C–N with tert-alkyl or cyclic N) is 1. The molecule has 0 saturated carbocycles. The van der Waals surface area contributed by atoms with Gasteiger partial charge in [-0.05, 0) is 24.6 Å². The van der Waals surface area contributed by atoms with E-state index in [9.17, 15) is 14.0 Å². The minimum atomic E-state index is -0.409. The normalized spacial score (nSPS) is 15.5. The number of aromatic nitrogens is 1. The van der Waals surface area contributed by atoms with Crippen molar-refractivity contribution in [1.82, 2.24) is 14.8 Å². The molecule has 2 N–H and O–H groups in total. The highest BCUT2D eigenvalue weighted by atomic mass is 19.1. The van der Waals surface area contributed by atoms with Crippen molar-refractivity contribution in [3.05, 3.63) is 35.3 Å². The highest BCUT2D eigenvalue weighted by molar-refractivity contribution is 6.00. The Hall–Kier alpha value is -2.41. The number of carbonyl (C=O) groups is 2. The van der Waals surface area contributed by atoms with E-state index in [1.54, 1.807) is 12.1 Å². The van der Waals surface area contributed by atoms with Gasteiger partial charge in [0.2, 0.25) is 5.91 Å². The topological polar surface area (TPSA) is 76.6 Å². The van der Waals surface area contributed by atoms with Crippen molar-refractivity contribution in [3.8, 4) is 0 Å². The molecule has 6 nitrogen and oxygen atoms in total. The van der Waals surface area contributed by atoms with Gasteiger partial charge in [-0.25, -0.2) is 4.39 Å². The van der Waals surface area contributed by atoms with Crippen LogP contribution < -0.4 is 0 Å². The van der Waals surface area contributed by atoms with Crippen molar-refractivity contribution in [2.24, 2.45) is 0 Å². The molecule has 1 fully saturated rings. The lowest BCUT2D eigenvalue weighted by Crippen LogP contribution is -2.52. The standard InChI is InChI=1S/C16H18FN3O3/c1-10-2-3-12(17)15-11(10)8-13(18-15)16(23)20-5-4-19(6-7-21)14(22)9-20/h2-3,8,18,21H,4-7,9H2,1H3. The number of aliphatic hydroxyl groups excluding tert-OH is 1. The maximum Gasteiger partial charge on any atom is 0.270 e. The molecule has 1 aliphatic rings. The number of carbonyl (C=O) groups excluding carboxylic acids is 2. The molecule has 0 spiro atoms. The van der Waals surface area contributed by atoms with Gasteiger partial charge in [0.1, 0.15) is 18.1 Å². The summed E-state index contributed by atoms with van der Waals surface area (Å²) < 4.78 is 13.8. The number of aromatic amines is 1. The Labute approximate surface area is 132 Å². The van der Waals surface area contributed by atoms with E-state index in [0.717, 1.165) is 5.56 Å². The van der Waals surface area contributed by atoms with Crippen LogP contribution >= 0.6 is 0 Å².